The molecule has 102 valence electrons. The smallest absolute Gasteiger partial charge is 0.231 e. The zero-order chi connectivity index (χ0) is 13.5. The van der Waals surface area contributed by atoms with Gasteiger partial charge in [-0.3, -0.25) is 4.79 Å². The van der Waals surface area contributed by atoms with Crippen LogP contribution in [0.2, 0.25) is 0 Å². The minimum absolute atomic E-state index is 0.274. The number of ether oxygens (including phenoxy) is 2. The van der Waals surface area contributed by atoms with E-state index in [9.17, 15) is 4.79 Å². The van der Waals surface area contributed by atoms with Gasteiger partial charge in [0.2, 0.25) is 6.79 Å². The van der Waals surface area contributed by atoms with E-state index in [1.807, 2.05) is 30.5 Å². The summed E-state index contributed by atoms with van der Waals surface area (Å²) in [5, 5.41) is 0. The van der Waals surface area contributed by atoms with Crippen LogP contribution in [0.1, 0.15) is 34.5 Å². The lowest BCUT2D eigenvalue weighted by atomic mass is 9.97. The minimum Gasteiger partial charge on any atom is -0.454 e. The molecule has 0 saturated carbocycles. The van der Waals surface area contributed by atoms with Gasteiger partial charge in [0.1, 0.15) is 0 Å². The Morgan fingerprint density at radius 2 is 2.00 bits per heavy atom. The van der Waals surface area contributed by atoms with Crippen molar-refractivity contribution in [2.75, 3.05) is 6.79 Å². The highest BCUT2D eigenvalue weighted by molar-refractivity contribution is 5.98. The Bertz CT molecular complexity index is 687. The van der Waals surface area contributed by atoms with Crippen molar-refractivity contribution in [3.05, 3.63) is 47.3 Å². The van der Waals surface area contributed by atoms with Crippen LogP contribution in [0.4, 0.5) is 0 Å². The van der Waals surface area contributed by atoms with E-state index in [0.29, 0.717) is 13.2 Å². The molecule has 1 aromatic heterocycles. The van der Waals surface area contributed by atoms with Crippen LogP contribution in [0.15, 0.2) is 30.5 Å². The Morgan fingerprint density at radius 3 is 2.95 bits per heavy atom. The van der Waals surface area contributed by atoms with Gasteiger partial charge in [0, 0.05) is 30.4 Å². The summed E-state index contributed by atoms with van der Waals surface area (Å²) in [7, 11) is 0. The average Bonchev–Trinajstić information content (AvgIpc) is 3.06. The van der Waals surface area contributed by atoms with Crippen molar-refractivity contribution in [2.24, 2.45) is 0 Å². The van der Waals surface area contributed by atoms with Crippen molar-refractivity contribution in [2.45, 2.75) is 25.8 Å². The first kappa shape index (κ1) is 11.6. The van der Waals surface area contributed by atoms with E-state index in [2.05, 4.69) is 4.57 Å². The molecule has 2 aromatic rings. The lowest BCUT2D eigenvalue weighted by Crippen LogP contribution is -2.13. The first-order chi connectivity index (χ1) is 9.81. The molecular formula is C16H15NO3. The van der Waals surface area contributed by atoms with Gasteiger partial charge in [-0.2, -0.15) is 0 Å². The van der Waals surface area contributed by atoms with Crippen LogP contribution in [0.3, 0.4) is 0 Å². The molecule has 0 atom stereocenters. The van der Waals surface area contributed by atoms with Gasteiger partial charge >= 0.3 is 0 Å². The first-order valence-corrected chi connectivity index (χ1v) is 6.91. The number of hydrogen-bond donors (Lipinski definition) is 0. The molecule has 0 fully saturated rings. The highest BCUT2D eigenvalue weighted by atomic mass is 16.7. The molecule has 0 spiro atoms. The summed E-state index contributed by atoms with van der Waals surface area (Å²) in [6, 6.07) is 7.95. The molecule has 1 aromatic carbocycles. The molecule has 2 aliphatic rings. The highest BCUT2D eigenvalue weighted by Gasteiger charge is 2.21. The third-order valence-electron chi connectivity index (χ3n) is 3.99. The predicted octanol–water partition coefficient (Wildman–Crippen LogP) is 2.78. The van der Waals surface area contributed by atoms with Crippen LogP contribution in [0.5, 0.6) is 11.5 Å². The number of Topliss-reactive ketones (excluding diaryl/α,β-unsaturated/α-hetero) is 1. The highest BCUT2D eigenvalue weighted by Crippen LogP contribution is 2.33. The van der Waals surface area contributed by atoms with Gasteiger partial charge < -0.3 is 14.0 Å². The molecule has 1 aliphatic carbocycles. The van der Waals surface area contributed by atoms with Crippen molar-refractivity contribution >= 4 is 5.78 Å². The van der Waals surface area contributed by atoms with Gasteiger partial charge in [-0.15, -0.1) is 0 Å². The molecule has 4 nitrogen and oxygen atoms in total. The second kappa shape index (κ2) is 4.40. The Balaban J connectivity index is 1.65. The summed E-state index contributed by atoms with van der Waals surface area (Å²) in [6.07, 6.45) is 4.63. The molecule has 0 N–H and O–H groups in total. The molecule has 2 heterocycles. The Morgan fingerprint density at radius 1 is 1.10 bits per heavy atom. The van der Waals surface area contributed by atoms with Crippen molar-refractivity contribution in [3.63, 3.8) is 0 Å². The SMILES string of the molecule is O=C1CCCc2c1ccn2Cc1ccc2c(c1)OCO2. The number of fused-ring (bicyclic) bond motifs is 2. The predicted molar refractivity (Wildman–Crippen MR) is 73.4 cm³/mol. The van der Waals surface area contributed by atoms with Gasteiger partial charge in [0.25, 0.3) is 0 Å². The second-order valence-electron chi connectivity index (χ2n) is 5.27. The lowest BCUT2D eigenvalue weighted by molar-refractivity contribution is 0.0972. The van der Waals surface area contributed by atoms with Crippen LogP contribution in [-0.4, -0.2) is 17.1 Å². The molecule has 0 bridgehead atoms. The molecule has 4 heteroatoms. The average molecular weight is 269 g/mol. The van der Waals surface area contributed by atoms with Crippen LogP contribution in [0.25, 0.3) is 0 Å². The number of rotatable bonds is 2. The summed E-state index contributed by atoms with van der Waals surface area (Å²) in [6.45, 7) is 1.06. The minimum atomic E-state index is 0.274. The summed E-state index contributed by atoms with van der Waals surface area (Å²) < 4.78 is 12.9. The van der Waals surface area contributed by atoms with Crippen molar-refractivity contribution < 1.29 is 14.3 Å². The summed E-state index contributed by atoms with van der Waals surface area (Å²) in [5.74, 6) is 1.88. The quantitative estimate of drug-likeness (QED) is 0.841. The van der Waals surface area contributed by atoms with Gasteiger partial charge in [-0.25, -0.2) is 0 Å². The Labute approximate surface area is 116 Å². The van der Waals surface area contributed by atoms with Crippen molar-refractivity contribution in [3.8, 4) is 11.5 Å². The van der Waals surface area contributed by atoms with Crippen molar-refractivity contribution in [1.82, 2.24) is 4.57 Å². The van der Waals surface area contributed by atoms with Crippen molar-refractivity contribution in [1.29, 1.82) is 0 Å². The maximum Gasteiger partial charge on any atom is 0.231 e. The number of hydrogen-bond acceptors (Lipinski definition) is 3. The van der Waals surface area contributed by atoms with Gasteiger partial charge in [-0.05, 0) is 36.6 Å². The maximum absolute atomic E-state index is 11.9. The van der Waals surface area contributed by atoms with Gasteiger partial charge in [-0.1, -0.05) is 6.07 Å². The number of nitrogens with zero attached hydrogens (tertiary/aromatic N) is 1. The zero-order valence-electron chi connectivity index (χ0n) is 11.1. The van der Waals surface area contributed by atoms with Crippen LogP contribution >= 0.6 is 0 Å². The molecule has 0 radical (unpaired) electrons. The Kier molecular flexibility index (Phi) is 2.55. The van der Waals surface area contributed by atoms with E-state index in [1.165, 1.54) is 5.69 Å². The number of carbonyl (C=O) groups is 1. The van der Waals surface area contributed by atoms with Crippen LogP contribution in [0, 0.1) is 0 Å². The molecule has 20 heavy (non-hydrogen) atoms. The third-order valence-corrected chi connectivity index (χ3v) is 3.99. The molecule has 0 unspecified atom stereocenters. The van der Waals surface area contributed by atoms with E-state index in [4.69, 9.17) is 9.47 Å². The van der Waals surface area contributed by atoms with Crippen LogP contribution in [-0.2, 0) is 13.0 Å². The molecule has 0 saturated heterocycles. The van der Waals surface area contributed by atoms with E-state index < -0.39 is 0 Å². The van der Waals surface area contributed by atoms with E-state index >= 15 is 0 Å². The fourth-order valence-corrected chi connectivity index (χ4v) is 2.97. The second-order valence-corrected chi connectivity index (χ2v) is 5.27. The largest absolute Gasteiger partial charge is 0.454 e. The van der Waals surface area contributed by atoms with E-state index in [1.54, 1.807) is 0 Å². The zero-order valence-corrected chi connectivity index (χ0v) is 11.1. The molecule has 4 rings (SSSR count). The van der Waals surface area contributed by atoms with Gasteiger partial charge in [0.05, 0.1) is 0 Å². The monoisotopic (exact) mass is 269 g/mol. The number of aromatic nitrogens is 1. The number of carbonyl (C=O) groups excluding carboxylic acids is 1. The van der Waals surface area contributed by atoms with Crippen LogP contribution < -0.4 is 9.47 Å². The summed E-state index contributed by atoms with van der Waals surface area (Å²) in [5.41, 5.74) is 3.22. The molecular weight excluding hydrogens is 254 g/mol. The Hall–Kier alpha value is -2.23. The summed E-state index contributed by atoms with van der Waals surface area (Å²) >= 11 is 0. The van der Waals surface area contributed by atoms with E-state index in [-0.39, 0.29) is 5.78 Å². The topological polar surface area (TPSA) is 40.5 Å². The number of benzene rings is 1. The molecule has 1 aliphatic heterocycles. The summed E-state index contributed by atoms with van der Waals surface area (Å²) in [4.78, 5) is 11.9. The van der Waals surface area contributed by atoms with E-state index in [0.717, 1.165) is 42.0 Å². The first-order valence-electron chi connectivity index (χ1n) is 6.91. The lowest BCUT2D eigenvalue weighted by Gasteiger charge is -2.15. The fourth-order valence-electron chi connectivity index (χ4n) is 2.97. The number of ketones is 1. The standard InChI is InChI=1S/C16H15NO3/c18-14-3-1-2-13-12(14)6-7-17(13)9-11-4-5-15-16(8-11)20-10-19-15/h4-8H,1-3,9-10H2. The van der Waals surface area contributed by atoms with Gasteiger partial charge in [0.15, 0.2) is 17.3 Å². The third kappa shape index (κ3) is 1.80. The molecule has 0 amide bonds. The normalized spacial score (nSPS) is 16.3. The fraction of sp³-hybridized carbons (Fsp3) is 0.312. The maximum atomic E-state index is 11.9.